The normalized spacial score (nSPS) is 12.2. The summed E-state index contributed by atoms with van der Waals surface area (Å²) < 4.78 is 5.55. The molecule has 130 valence electrons. The number of hydrogen-bond acceptors (Lipinski definition) is 1. The molecule has 0 rings (SSSR count). The van der Waals surface area contributed by atoms with Gasteiger partial charge in [-0.25, -0.2) is 0 Å². The molecule has 0 amide bonds. The lowest BCUT2D eigenvalue weighted by molar-refractivity contribution is 0.0757. The molecule has 1 heteroatoms. The maximum Gasteiger partial charge on any atom is 0.0518 e. The molecule has 0 aromatic heterocycles. The Bertz CT molecular complexity index is 253. The number of rotatable bonds is 16. The summed E-state index contributed by atoms with van der Waals surface area (Å²) in [6.45, 7) is 7.41. The van der Waals surface area contributed by atoms with Gasteiger partial charge in [0.2, 0.25) is 0 Å². The van der Waals surface area contributed by atoms with Crippen LogP contribution in [-0.2, 0) is 4.74 Å². The quantitative estimate of drug-likeness (QED) is 0.216. The number of unbranched alkanes of at least 4 members (excludes halogenated alkanes) is 9. The van der Waals surface area contributed by atoms with Gasteiger partial charge in [0.05, 0.1) is 6.10 Å². The van der Waals surface area contributed by atoms with Crippen LogP contribution in [0.3, 0.4) is 0 Å². The Labute approximate surface area is 140 Å². The lowest BCUT2D eigenvalue weighted by Gasteiger charge is -2.06. The third kappa shape index (κ3) is 19.4. The van der Waals surface area contributed by atoms with Gasteiger partial charge in [0, 0.05) is 6.61 Å². The van der Waals surface area contributed by atoms with Crippen molar-refractivity contribution in [1.82, 2.24) is 0 Å². The van der Waals surface area contributed by atoms with E-state index in [1.165, 1.54) is 70.6 Å². The molecule has 0 heterocycles. The second-order valence-electron chi connectivity index (χ2n) is 6.50. The molecule has 0 bridgehead atoms. The Morgan fingerprint density at radius 3 is 1.82 bits per heavy atom. The van der Waals surface area contributed by atoms with Crippen LogP contribution in [0.4, 0.5) is 0 Å². The predicted octanol–water partition coefficient (Wildman–Crippen LogP) is 7.22. The van der Waals surface area contributed by atoms with Crippen LogP contribution in [0.2, 0.25) is 0 Å². The van der Waals surface area contributed by atoms with Gasteiger partial charge in [0.1, 0.15) is 0 Å². The van der Waals surface area contributed by atoms with E-state index in [1.54, 1.807) is 0 Å². The monoisotopic (exact) mass is 308 g/mol. The van der Waals surface area contributed by atoms with Crippen LogP contribution in [0.15, 0.2) is 24.3 Å². The minimum absolute atomic E-state index is 0.387. The maximum absolute atomic E-state index is 5.55. The summed E-state index contributed by atoms with van der Waals surface area (Å²) in [7, 11) is 0. The molecule has 0 aliphatic carbocycles. The first-order valence-electron chi connectivity index (χ1n) is 9.69. The van der Waals surface area contributed by atoms with Crippen molar-refractivity contribution in [2.75, 3.05) is 6.61 Å². The predicted molar refractivity (Wildman–Crippen MR) is 100 cm³/mol. The van der Waals surface area contributed by atoms with E-state index in [0.29, 0.717) is 6.10 Å². The van der Waals surface area contributed by atoms with Crippen LogP contribution in [0.1, 0.15) is 97.8 Å². The highest BCUT2D eigenvalue weighted by atomic mass is 16.5. The van der Waals surface area contributed by atoms with Gasteiger partial charge in [-0.1, -0.05) is 69.8 Å². The Morgan fingerprint density at radius 2 is 1.23 bits per heavy atom. The Kier molecular flexibility index (Phi) is 18.0. The third-order valence-corrected chi connectivity index (χ3v) is 3.80. The van der Waals surface area contributed by atoms with E-state index in [9.17, 15) is 0 Å². The SMILES string of the molecule is CCCCC/C=C\C/C=C\CCCCCCCCOC(C)C. The maximum atomic E-state index is 5.55. The molecule has 0 unspecified atom stereocenters. The summed E-state index contributed by atoms with van der Waals surface area (Å²) in [5.41, 5.74) is 0. The highest BCUT2D eigenvalue weighted by Crippen LogP contribution is 2.08. The van der Waals surface area contributed by atoms with Crippen LogP contribution in [0.5, 0.6) is 0 Å². The zero-order chi connectivity index (χ0) is 16.3. The van der Waals surface area contributed by atoms with Crippen molar-refractivity contribution >= 4 is 0 Å². The van der Waals surface area contributed by atoms with E-state index in [2.05, 4.69) is 45.1 Å². The summed E-state index contributed by atoms with van der Waals surface area (Å²) in [5, 5.41) is 0. The largest absolute Gasteiger partial charge is 0.379 e. The van der Waals surface area contributed by atoms with Crippen molar-refractivity contribution in [3.05, 3.63) is 24.3 Å². The highest BCUT2D eigenvalue weighted by Gasteiger charge is 1.94. The standard InChI is InChI=1S/C21H40O/c1-4-5-6-7-8-9-10-11-12-13-14-15-16-17-18-19-20-22-21(2)3/h8-9,11-12,21H,4-7,10,13-20H2,1-3H3/b9-8-,12-11-. The van der Waals surface area contributed by atoms with Crippen LogP contribution in [-0.4, -0.2) is 12.7 Å². The van der Waals surface area contributed by atoms with E-state index in [4.69, 9.17) is 4.74 Å². The lowest BCUT2D eigenvalue weighted by atomic mass is 10.1. The summed E-state index contributed by atoms with van der Waals surface area (Å²) in [5.74, 6) is 0. The molecule has 0 fully saturated rings. The number of hydrogen-bond donors (Lipinski definition) is 0. The molecular weight excluding hydrogens is 268 g/mol. The molecule has 0 aliphatic rings. The lowest BCUT2D eigenvalue weighted by Crippen LogP contribution is -2.03. The van der Waals surface area contributed by atoms with E-state index in [1.807, 2.05) is 0 Å². The van der Waals surface area contributed by atoms with Gasteiger partial charge < -0.3 is 4.74 Å². The molecule has 0 N–H and O–H groups in total. The number of allylic oxidation sites excluding steroid dienone is 4. The number of ether oxygens (including phenoxy) is 1. The van der Waals surface area contributed by atoms with Gasteiger partial charge in [-0.2, -0.15) is 0 Å². The Balaban J connectivity index is 3.14. The second kappa shape index (κ2) is 18.5. The molecule has 0 saturated carbocycles. The van der Waals surface area contributed by atoms with Crippen molar-refractivity contribution in [2.24, 2.45) is 0 Å². The van der Waals surface area contributed by atoms with Gasteiger partial charge in [-0.15, -0.1) is 0 Å². The zero-order valence-corrected chi connectivity index (χ0v) is 15.5. The van der Waals surface area contributed by atoms with Gasteiger partial charge >= 0.3 is 0 Å². The fraction of sp³-hybridized carbons (Fsp3) is 0.810. The van der Waals surface area contributed by atoms with Crippen LogP contribution in [0.25, 0.3) is 0 Å². The van der Waals surface area contributed by atoms with Gasteiger partial charge in [-0.05, 0) is 52.4 Å². The Morgan fingerprint density at radius 1 is 0.682 bits per heavy atom. The molecule has 22 heavy (non-hydrogen) atoms. The van der Waals surface area contributed by atoms with E-state index in [0.717, 1.165) is 13.0 Å². The first-order chi connectivity index (χ1) is 10.8. The van der Waals surface area contributed by atoms with Gasteiger partial charge in [0.15, 0.2) is 0 Å². The smallest absolute Gasteiger partial charge is 0.0518 e. The average Bonchev–Trinajstić information content (AvgIpc) is 2.50. The third-order valence-electron chi connectivity index (χ3n) is 3.80. The fourth-order valence-electron chi connectivity index (χ4n) is 2.41. The average molecular weight is 309 g/mol. The van der Waals surface area contributed by atoms with Crippen LogP contribution in [0, 0.1) is 0 Å². The van der Waals surface area contributed by atoms with Crippen LogP contribution >= 0.6 is 0 Å². The molecule has 0 radical (unpaired) electrons. The topological polar surface area (TPSA) is 9.23 Å². The molecule has 0 aromatic rings. The molecule has 0 spiro atoms. The zero-order valence-electron chi connectivity index (χ0n) is 15.5. The van der Waals surface area contributed by atoms with E-state index >= 15 is 0 Å². The van der Waals surface area contributed by atoms with Crippen molar-refractivity contribution in [2.45, 2.75) is 104 Å². The van der Waals surface area contributed by atoms with Crippen LogP contribution < -0.4 is 0 Å². The molecule has 0 atom stereocenters. The Hall–Kier alpha value is -0.560. The first-order valence-corrected chi connectivity index (χ1v) is 9.69. The molecule has 0 aliphatic heterocycles. The summed E-state index contributed by atoms with van der Waals surface area (Å²) in [6.07, 6.45) is 25.4. The summed E-state index contributed by atoms with van der Waals surface area (Å²) in [6, 6.07) is 0. The van der Waals surface area contributed by atoms with Gasteiger partial charge in [-0.3, -0.25) is 0 Å². The van der Waals surface area contributed by atoms with Crippen molar-refractivity contribution < 1.29 is 4.74 Å². The van der Waals surface area contributed by atoms with Crippen molar-refractivity contribution in [3.63, 3.8) is 0 Å². The molecular formula is C21H40O. The fourth-order valence-corrected chi connectivity index (χ4v) is 2.41. The van der Waals surface area contributed by atoms with Crippen molar-refractivity contribution in [1.29, 1.82) is 0 Å². The van der Waals surface area contributed by atoms with E-state index in [-0.39, 0.29) is 0 Å². The minimum Gasteiger partial charge on any atom is -0.379 e. The van der Waals surface area contributed by atoms with Crippen molar-refractivity contribution in [3.8, 4) is 0 Å². The van der Waals surface area contributed by atoms with E-state index < -0.39 is 0 Å². The molecule has 0 aromatic carbocycles. The highest BCUT2D eigenvalue weighted by molar-refractivity contribution is 4.92. The summed E-state index contributed by atoms with van der Waals surface area (Å²) in [4.78, 5) is 0. The minimum atomic E-state index is 0.387. The first kappa shape index (κ1) is 21.4. The molecule has 1 nitrogen and oxygen atoms in total. The second-order valence-corrected chi connectivity index (χ2v) is 6.50. The summed E-state index contributed by atoms with van der Waals surface area (Å²) >= 11 is 0. The molecule has 0 saturated heterocycles. The van der Waals surface area contributed by atoms with Gasteiger partial charge in [0.25, 0.3) is 0 Å².